The zero-order chi connectivity index (χ0) is 13.3. The van der Waals surface area contributed by atoms with E-state index in [1.807, 2.05) is 0 Å². The van der Waals surface area contributed by atoms with Crippen molar-refractivity contribution in [3.05, 3.63) is 36.0 Å². The van der Waals surface area contributed by atoms with Crippen LogP contribution in [-0.4, -0.2) is 38.0 Å². The molecule has 0 atom stereocenters. The van der Waals surface area contributed by atoms with Gasteiger partial charge >= 0.3 is 0 Å². The molecule has 2 rings (SSSR count). The molecule has 1 aromatic heterocycles. The topological polar surface area (TPSA) is 8.17 Å². The highest BCUT2D eigenvalue weighted by Crippen LogP contribution is 2.25. The maximum atomic E-state index is 2.54. The smallest absolute Gasteiger partial charge is 0.152 e. The quantitative estimate of drug-likeness (QED) is 0.765. The van der Waals surface area contributed by atoms with Crippen LogP contribution in [0.1, 0.15) is 5.56 Å². The van der Waals surface area contributed by atoms with E-state index in [-0.39, 0.29) is 0 Å². The van der Waals surface area contributed by atoms with E-state index in [9.17, 15) is 0 Å². The summed E-state index contributed by atoms with van der Waals surface area (Å²) in [6, 6.07) is 8.81. The standard InChI is InChI=1S/C15H24N2Si/c1-16(2)11-10-13-12-17(18(3,4)5)15-9-7-6-8-14(13)15/h6-9,12H,10-11H2,1-5H3. The molecule has 0 bridgehead atoms. The molecule has 2 nitrogen and oxygen atoms in total. The summed E-state index contributed by atoms with van der Waals surface area (Å²) in [6.45, 7) is 8.30. The van der Waals surface area contributed by atoms with Crippen LogP contribution in [0, 0.1) is 0 Å². The van der Waals surface area contributed by atoms with Crippen molar-refractivity contribution >= 4 is 19.1 Å². The van der Waals surface area contributed by atoms with Gasteiger partial charge < -0.3 is 9.13 Å². The summed E-state index contributed by atoms with van der Waals surface area (Å²) in [5.41, 5.74) is 2.90. The Balaban J connectivity index is 2.48. The minimum absolute atomic E-state index is 1.11. The van der Waals surface area contributed by atoms with Crippen molar-refractivity contribution in [1.29, 1.82) is 0 Å². The van der Waals surface area contributed by atoms with Crippen molar-refractivity contribution in [1.82, 2.24) is 9.13 Å². The molecule has 0 spiro atoms. The minimum Gasteiger partial charge on any atom is -0.375 e. The Morgan fingerprint density at radius 3 is 2.39 bits per heavy atom. The van der Waals surface area contributed by atoms with Crippen LogP contribution >= 0.6 is 0 Å². The number of para-hydroxylation sites is 1. The normalized spacial score (nSPS) is 12.6. The number of hydrogen-bond acceptors (Lipinski definition) is 1. The predicted octanol–water partition coefficient (Wildman–Crippen LogP) is 3.43. The predicted molar refractivity (Wildman–Crippen MR) is 82.9 cm³/mol. The Labute approximate surface area is 111 Å². The van der Waals surface area contributed by atoms with E-state index in [2.05, 4.69) is 73.3 Å². The van der Waals surface area contributed by atoms with Gasteiger partial charge in [-0.3, -0.25) is 0 Å². The molecule has 0 fully saturated rings. The lowest BCUT2D eigenvalue weighted by Crippen LogP contribution is -2.31. The van der Waals surface area contributed by atoms with Crippen molar-refractivity contribution in [2.75, 3.05) is 20.6 Å². The van der Waals surface area contributed by atoms with E-state index in [1.165, 1.54) is 16.5 Å². The van der Waals surface area contributed by atoms with E-state index in [4.69, 9.17) is 0 Å². The average molecular weight is 260 g/mol. The molecular weight excluding hydrogens is 236 g/mol. The lowest BCUT2D eigenvalue weighted by molar-refractivity contribution is 0.414. The Hall–Kier alpha value is -1.06. The Morgan fingerprint density at radius 2 is 1.78 bits per heavy atom. The first-order valence-corrected chi connectivity index (χ1v) is 10.1. The highest BCUT2D eigenvalue weighted by Gasteiger charge is 2.20. The number of hydrogen-bond donors (Lipinski definition) is 0. The average Bonchev–Trinajstić information content (AvgIpc) is 2.65. The molecule has 1 heterocycles. The second-order valence-electron chi connectivity index (χ2n) is 6.27. The second kappa shape index (κ2) is 4.90. The number of benzene rings is 1. The van der Waals surface area contributed by atoms with E-state index >= 15 is 0 Å². The molecule has 0 aliphatic rings. The van der Waals surface area contributed by atoms with Crippen LogP contribution in [0.4, 0.5) is 0 Å². The minimum atomic E-state index is -1.33. The first-order chi connectivity index (χ1) is 8.39. The summed E-state index contributed by atoms with van der Waals surface area (Å²) in [6.07, 6.45) is 3.52. The summed E-state index contributed by atoms with van der Waals surface area (Å²) >= 11 is 0. The van der Waals surface area contributed by atoms with Gasteiger partial charge in [0, 0.05) is 17.4 Å². The molecular formula is C15H24N2Si. The van der Waals surface area contributed by atoms with Gasteiger partial charge in [0.2, 0.25) is 0 Å². The zero-order valence-electron chi connectivity index (χ0n) is 12.2. The molecule has 0 saturated carbocycles. The molecule has 0 aliphatic carbocycles. The van der Waals surface area contributed by atoms with Gasteiger partial charge in [0.05, 0.1) is 0 Å². The van der Waals surface area contributed by atoms with Gasteiger partial charge in [-0.1, -0.05) is 37.8 Å². The highest BCUT2D eigenvalue weighted by atomic mass is 28.3. The van der Waals surface area contributed by atoms with Crippen LogP contribution in [-0.2, 0) is 6.42 Å². The van der Waals surface area contributed by atoms with Gasteiger partial charge in [0.1, 0.15) is 0 Å². The fourth-order valence-electron chi connectivity index (χ4n) is 2.35. The zero-order valence-corrected chi connectivity index (χ0v) is 13.2. The summed E-state index contributed by atoms with van der Waals surface area (Å²) in [4.78, 5) is 2.25. The SMILES string of the molecule is CN(C)CCc1cn([Si](C)(C)C)c2ccccc12. The highest BCUT2D eigenvalue weighted by molar-refractivity contribution is 6.75. The summed E-state index contributed by atoms with van der Waals surface area (Å²) < 4.78 is 2.54. The van der Waals surface area contributed by atoms with Crippen LogP contribution in [0.2, 0.25) is 19.6 Å². The van der Waals surface area contributed by atoms with Crippen molar-refractivity contribution in [3.63, 3.8) is 0 Å². The van der Waals surface area contributed by atoms with Crippen LogP contribution in [0.5, 0.6) is 0 Å². The van der Waals surface area contributed by atoms with E-state index in [1.54, 1.807) is 0 Å². The molecule has 0 N–H and O–H groups in total. The molecule has 3 heteroatoms. The van der Waals surface area contributed by atoms with Gasteiger partial charge in [-0.15, -0.1) is 0 Å². The maximum Gasteiger partial charge on any atom is 0.152 e. The lowest BCUT2D eigenvalue weighted by Gasteiger charge is -2.20. The third-order valence-electron chi connectivity index (χ3n) is 3.35. The molecule has 0 saturated heterocycles. The second-order valence-corrected chi connectivity index (χ2v) is 11.1. The van der Waals surface area contributed by atoms with Crippen LogP contribution in [0.3, 0.4) is 0 Å². The van der Waals surface area contributed by atoms with Gasteiger partial charge in [0.15, 0.2) is 8.24 Å². The van der Waals surface area contributed by atoms with Gasteiger partial charge in [-0.25, -0.2) is 0 Å². The molecule has 1 aromatic carbocycles. The van der Waals surface area contributed by atoms with Crippen molar-refractivity contribution in [2.45, 2.75) is 26.1 Å². The molecule has 0 radical (unpaired) electrons. The summed E-state index contributed by atoms with van der Waals surface area (Å²) in [7, 11) is 2.94. The molecule has 0 unspecified atom stereocenters. The molecule has 98 valence electrons. The van der Waals surface area contributed by atoms with Crippen LogP contribution in [0.15, 0.2) is 30.5 Å². The van der Waals surface area contributed by atoms with Gasteiger partial charge in [-0.2, -0.15) is 0 Å². The number of aromatic nitrogens is 1. The first kappa shape index (κ1) is 13.4. The number of rotatable bonds is 4. The van der Waals surface area contributed by atoms with Gasteiger partial charge in [0.25, 0.3) is 0 Å². The van der Waals surface area contributed by atoms with E-state index in [0.717, 1.165) is 13.0 Å². The monoisotopic (exact) mass is 260 g/mol. The fourth-order valence-corrected chi connectivity index (χ4v) is 3.81. The third-order valence-corrected chi connectivity index (χ3v) is 5.16. The van der Waals surface area contributed by atoms with Crippen molar-refractivity contribution in [3.8, 4) is 0 Å². The van der Waals surface area contributed by atoms with E-state index in [0.29, 0.717) is 0 Å². The Morgan fingerprint density at radius 1 is 1.11 bits per heavy atom. The lowest BCUT2D eigenvalue weighted by atomic mass is 10.1. The Kier molecular flexibility index (Phi) is 3.64. The summed E-state index contributed by atoms with van der Waals surface area (Å²) in [5.74, 6) is 0. The molecule has 18 heavy (non-hydrogen) atoms. The first-order valence-electron chi connectivity index (χ1n) is 6.64. The Bertz CT molecular complexity index is 535. The number of nitrogens with zero attached hydrogens (tertiary/aromatic N) is 2. The van der Waals surface area contributed by atoms with E-state index < -0.39 is 8.24 Å². The van der Waals surface area contributed by atoms with Crippen LogP contribution in [0.25, 0.3) is 10.9 Å². The maximum absolute atomic E-state index is 2.54. The fraction of sp³-hybridized carbons (Fsp3) is 0.467. The summed E-state index contributed by atoms with van der Waals surface area (Å²) in [5, 5.41) is 1.43. The largest absolute Gasteiger partial charge is 0.375 e. The molecule has 0 aliphatic heterocycles. The van der Waals surface area contributed by atoms with Crippen molar-refractivity contribution < 1.29 is 0 Å². The number of fused-ring (bicyclic) bond motifs is 1. The molecule has 2 aromatic rings. The third kappa shape index (κ3) is 2.67. The van der Waals surface area contributed by atoms with Gasteiger partial charge in [-0.05, 0) is 38.3 Å². The molecule has 0 amide bonds. The van der Waals surface area contributed by atoms with Crippen molar-refractivity contribution in [2.24, 2.45) is 0 Å². The van der Waals surface area contributed by atoms with Crippen LogP contribution < -0.4 is 0 Å². The number of likely N-dealkylation sites (N-methyl/N-ethyl adjacent to an activating group) is 1.